The summed E-state index contributed by atoms with van der Waals surface area (Å²) in [7, 11) is 1.64. The summed E-state index contributed by atoms with van der Waals surface area (Å²) in [6.07, 6.45) is 0. The Morgan fingerprint density at radius 1 is 1.00 bits per heavy atom. The molecule has 0 spiro atoms. The molecule has 1 amide bonds. The van der Waals surface area contributed by atoms with Gasteiger partial charge in [0.15, 0.2) is 0 Å². The summed E-state index contributed by atoms with van der Waals surface area (Å²) in [5, 5.41) is 6.66. The summed E-state index contributed by atoms with van der Waals surface area (Å²) in [4.78, 5) is 11.8. The van der Waals surface area contributed by atoms with E-state index in [0.29, 0.717) is 18.1 Å². The third-order valence-corrected chi connectivity index (χ3v) is 3.43. The monoisotopic (exact) mass is 318 g/mol. The lowest BCUT2D eigenvalue weighted by atomic mass is 10.2. The van der Waals surface area contributed by atoms with Gasteiger partial charge in [0.25, 0.3) is 0 Å². The van der Waals surface area contributed by atoms with Gasteiger partial charge in [-0.15, -0.1) is 0 Å². The van der Waals surface area contributed by atoms with Crippen LogP contribution in [0.1, 0.15) is 11.1 Å². The van der Waals surface area contributed by atoms with Crippen LogP contribution in [0.15, 0.2) is 48.5 Å². The Morgan fingerprint density at radius 2 is 1.59 bits per heavy atom. The van der Waals surface area contributed by atoms with Crippen molar-refractivity contribution in [2.24, 2.45) is 0 Å². The molecule has 0 fully saturated rings. The van der Waals surface area contributed by atoms with Gasteiger partial charge in [-0.25, -0.2) is 0 Å². The first-order valence-electron chi connectivity index (χ1n) is 7.02. The molecule has 2 N–H and O–H groups in total. The third-order valence-electron chi connectivity index (χ3n) is 3.18. The van der Waals surface area contributed by atoms with Crippen molar-refractivity contribution in [1.82, 2.24) is 10.6 Å². The SMILES string of the molecule is COc1ccc(CNCC(=O)NCc2ccc(Cl)cc2)cc1. The maximum Gasteiger partial charge on any atom is 0.234 e. The van der Waals surface area contributed by atoms with Crippen LogP contribution in [0.4, 0.5) is 0 Å². The van der Waals surface area contributed by atoms with Crippen molar-refractivity contribution in [3.63, 3.8) is 0 Å². The van der Waals surface area contributed by atoms with Crippen LogP contribution in [0.3, 0.4) is 0 Å². The van der Waals surface area contributed by atoms with E-state index in [0.717, 1.165) is 16.9 Å². The molecule has 0 aromatic heterocycles. The minimum absolute atomic E-state index is 0.0385. The van der Waals surface area contributed by atoms with E-state index in [1.165, 1.54) is 0 Å². The number of hydrogen-bond donors (Lipinski definition) is 2. The molecule has 0 aliphatic carbocycles. The molecule has 0 heterocycles. The molecule has 5 heteroatoms. The number of carbonyl (C=O) groups is 1. The van der Waals surface area contributed by atoms with E-state index in [9.17, 15) is 4.79 Å². The highest BCUT2D eigenvalue weighted by Crippen LogP contribution is 2.11. The smallest absolute Gasteiger partial charge is 0.234 e. The number of hydrogen-bond acceptors (Lipinski definition) is 3. The predicted molar refractivity (Wildman–Crippen MR) is 88.0 cm³/mol. The molecule has 116 valence electrons. The molecule has 2 rings (SSSR count). The second-order valence-electron chi connectivity index (χ2n) is 4.85. The fraction of sp³-hybridized carbons (Fsp3) is 0.235. The van der Waals surface area contributed by atoms with Crippen molar-refractivity contribution in [2.45, 2.75) is 13.1 Å². The van der Waals surface area contributed by atoms with Crippen molar-refractivity contribution in [1.29, 1.82) is 0 Å². The zero-order chi connectivity index (χ0) is 15.8. The fourth-order valence-electron chi connectivity index (χ4n) is 1.93. The molecule has 0 unspecified atom stereocenters. The van der Waals surface area contributed by atoms with Crippen molar-refractivity contribution >= 4 is 17.5 Å². The van der Waals surface area contributed by atoms with Crippen molar-refractivity contribution < 1.29 is 9.53 Å². The quantitative estimate of drug-likeness (QED) is 0.825. The normalized spacial score (nSPS) is 10.3. The summed E-state index contributed by atoms with van der Waals surface area (Å²) in [6.45, 7) is 1.41. The lowest BCUT2D eigenvalue weighted by Crippen LogP contribution is -2.33. The molecule has 2 aromatic rings. The molecule has 0 atom stereocenters. The number of halogens is 1. The van der Waals surface area contributed by atoms with E-state index in [-0.39, 0.29) is 12.5 Å². The molecular formula is C17H19ClN2O2. The molecule has 0 aliphatic heterocycles. The largest absolute Gasteiger partial charge is 0.497 e. The number of rotatable bonds is 7. The summed E-state index contributed by atoms with van der Waals surface area (Å²) in [6, 6.07) is 15.2. The van der Waals surface area contributed by atoms with E-state index >= 15 is 0 Å². The highest BCUT2D eigenvalue weighted by molar-refractivity contribution is 6.30. The first-order chi connectivity index (χ1) is 10.7. The van der Waals surface area contributed by atoms with Gasteiger partial charge in [-0.3, -0.25) is 4.79 Å². The minimum atomic E-state index is -0.0385. The molecule has 2 aromatic carbocycles. The summed E-state index contributed by atoms with van der Waals surface area (Å²) in [5.41, 5.74) is 2.12. The molecule has 0 bridgehead atoms. The summed E-state index contributed by atoms with van der Waals surface area (Å²) >= 11 is 5.81. The summed E-state index contributed by atoms with van der Waals surface area (Å²) < 4.78 is 5.10. The molecular weight excluding hydrogens is 300 g/mol. The molecule has 0 aliphatic rings. The number of amides is 1. The van der Waals surface area contributed by atoms with E-state index in [1.54, 1.807) is 7.11 Å². The number of ether oxygens (including phenoxy) is 1. The van der Waals surface area contributed by atoms with Gasteiger partial charge in [-0.1, -0.05) is 35.9 Å². The van der Waals surface area contributed by atoms with Gasteiger partial charge in [0, 0.05) is 18.1 Å². The number of benzene rings is 2. The Labute approximate surface area is 135 Å². The molecule has 0 radical (unpaired) electrons. The van der Waals surface area contributed by atoms with E-state index < -0.39 is 0 Å². The second kappa shape index (κ2) is 8.41. The van der Waals surface area contributed by atoms with Gasteiger partial charge in [0.2, 0.25) is 5.91 Å². The Kier molecular flexibility index (Phi) is 6.25. The van der Waals surface area contributed by atoms with Crippen LogP contribution >= 0.6 is 11.6 Å². The molecule has 0 saturated heterocycles. The first kappa shape index (κ1) is 16.3. The van der Waals surface area contributed by atoms with Gasteiger partial charge in [0.1, 0.15) is 5.75 Å². The van der Waals surface area contributed by atoms with E-state index in [4.69, 9.17) is 16.3 Å². The average Bonchev–Trinajstić information content (AvgIpc) is 2.55. The zero-order valence-electron chi connectivity index (χ0n) is 12.4. The predicted octanol–water partition coefficient (Wildman–Crippen LogP) is 2.75. The molecule has 4 nitrogen and oxygen atoms in total. The maximum atomic E-state index is 11.8. The van der Waals surface area contributed by atoms with Crippen LogP contribution in [-0.4, -0.2) is 19.6 Å². The van der Waals surface area contributed by atoms with Crippen molar-refractivity contribution in [3.8, 4) is 5.75 Å². The standard InChI is InChI=1S/C17H19ClN2O2/c1-22-16-8-4-13(5-9-16)10-19-12-17(21)20-11-14-2-6-15(18)7-3-14/h2-9,19H,10-12H2,1H3,(H,20,21). The van der Waals surface area contributed by atoms with Crippen LogP contribution in [0, 0.1) is 0 Å². The Hall–Kier alpha value is -2.04. The number of nitrogens with one attached hydrogen (secondary N) is 2. The van der Waals surface area contributed by atoms with Gasteiger partial charge >= 0.3 is 0 Å². The summed E-state index contributed by atoms with van der Waals surface area (Å²) in [5.74, 6) is 0.785. The lowest BCUT2D eigenvalue weighted by Gasteiger charge is -2.08. The van der Waals surface area contributed by atoms with Crippen LogP contribution in [0.2, 0.25) is 5.02 Å². The molecule has 0 saturated carbocycles. The average molecular weight is 319 g/mol. The topological polar surface area (TPSA) is 50.4 Å². The van der Waals surface area contributed by atoms with Crippen LogP contribution < -0.4 is 15.4 Å². The van der Waals surface area contributed by atoms with Crippen LogP contribution in [0.25, 0.3) is 0 Å². The lowest BCUT2D eigenvalue weighted by molar-refractivity contribution is -0.120. The Bertz CT molecular complexity index is 597. The highest BCUT2D eigenvalue weighted by atomic mass is 35.5. The Morgan fingerprint density at radius 3 is 2.23 bits per heavy atom. The van der Waals surface area contributed by atoms with E-state index in [2.05, 4.69) is 10.6 Å². The maximum absolute atomic E-state index is 11.8. The highest BCUT2D eigenvalue weighted by Gasteiger charge is 2.01. The van der Waals surface area contributed by atoms with Gasteiger partial charge in [0.05, 0.1) is 13.7 Å². The Balaban J connectivity index is 1.67. The number of methoxy groups -OCH3 is 1. The van der Waals surface area contributed by atoms with Gasteiger partial charge in [-0.05, 0) is 35.4 Å². The second-order valence-corrected chi connectivity index (χ2v) is 5.29. The van der Waals surface area contributed by atoms with Crippen molar-refractivity contribution in [2.75, 3.05) is 13.7 Å². The fourth-order valence-corrected chi connectivity index (χ4v) is 2.06. The van der Waals surface area contributed by atoms with Crippen molar-refractivity contribution in [3.05, 3.63) is 64.7 Å². The molecule has 22 heavy (non-hydrogen) atoms. The van der Waals surface area contributed by atoms with E-state index in [1.807, 2.05) is 48.5 Å². The van der Waals surface area contributed by atoms with Gasteiger partial charge in [-0.2, -0.15) is 0 Å². The van der Waals surface area contributed by atoms with Crippen LogP contribution in [-0.2, 0) is 17.9 Å². The third kappa shape index (κ3) is 5.39. The van der Waals surface area contributed by atoms with Gasteiger partial charge < -0.3 is 15.4 Å². The minimum Gasteiger partial charge on any atom is -0.497 e. The zero-order valence-corrected chi connectivity index (χ0v) is 13.2. The van der Waals surface area contributed by atoms with Crippen LogP contribution in [0.5, 0.6) is 5.75 Å². The first-order valence-corrected chi connectivity index (χ1v) is 7.40. The number of carbonyl (C=O) groups excluding carboxylic acids is 1.